The predicted octanol–water partition coefficient (Wildman–Crippen LogP) is 3.69. The van der Waals surface area contributed by atoms with E-state index in [2.05, 4.69) is 43.1 Å². The van der Waals surface area contributed by atoms with E-state index in [9.17, 15) is 4.79 Å². The van der Waals surface area contributed by atoms with Crippen molar-refractivity contribution in [2.75, 3.05) is 19.6 Å². The zero-order valence-corrected chi connectivity index (χ0v) is 14.3. The van der Waals surface area contributed by atoms with Crippen LogP contribution in [0.4, 0.5) is 0 Å². The number of piperidine rings is 1. The lowest BCUT2D eigenvalue weighted by molar-refractivity contribution is 0.0952. The summed E-state index contributed by atoms with van der Waals surface area (Å²) < 4.78 is 0. The average Bonchev–Trinajstić information content (AvgIpc) is 2.47. The minimum Gasteiger partial charge on any atom is -0.352 e. The quantitative estimate of drug-likeness (QED) is 0.869. The Morgan fingerprint density at radius 2 is 2.05 bits per heavy atom. The molecule has 1 amide bonds. The minimum absolute atomic E-state index is 0.0406. The number of carbonyl (C=O) groups is 1. The highest BCUT2D eigenvalue weighted by Crippen LogP contribution is 2.18. The topological polar surface area (TPSA) is 32.3 Å². The molecule has 1 aromatic carbocycles. The summed E-state index contributed by atoms with van der Waals surface area (Å²) in [5.41, 5.74) is 2.06. The van der Waals surface area contributed by atoms with Gasteiger partial charge in [-0.1, -0.05) is 32.9 Å². The number of carbonyl (C=O) groups excluding carboxylic acids is 1. The van der Waals surface area contributed by atoms with Crippen molar-refractivity contribution in [1.82, 2.24) is 10.2 Å². The van der Waals surface area contributed by atoms with Gasteiger partial charge in [0.25, 0.3) is 5.91 Å². The maximum atomic E-state index is 12.0. The second-order valence-electron chi connectivity index (χ2n) is 7.12. The molecule has 1 aliphatic rings. The average molecular weight is 302 g/mol. The fourth-order valence-corrected chi connectivity index (χ4v) is 3.03. The highest BCUT2D eigenvalue weighted by molar-refractivity contribution is 5.94. The van der Waals surface area contributed by atoms with Crippen molar-refractivity contribution < 1.29 is 4.79 Å². The van der Waals surface area contributed by atoms with Crippen LogP contribution in [-0.2, 0) is 6.54 Å². The van der Waals surface area contributed by atoms with E-state index in [1.54, 1.807) is 0 Å². The van der Waals surface area contributed by atoms with Gasteiger partial charge in [-0.3, -0.25) is 9.69 Å². The Balaban J connectivity index is 1.83. The molecule has 22 heavy (non-hydrogen) atoms. The summed E-state index contributed by atoms with van der Waals surface area (Å²) in [5.74, 6) is 1.47. The van der Waals surface area contributed by atoms with Crippen molar-refractivity contribution in [3.8, 4) is 0 Å². The van der Waals surface area contributed by atoms with Crippen molar-refractivity contribution in [2.45, 2.75) is 46.6 Å². The number of likely N-dealkylation sites (tertiary alicyclic amines) is 1. The van der Waals surface area contributed by atoms with Gasteiger partial charge in [0.05, 0.1) is 0 Å². The smallest absolute Gasteiger partial charge is 0.251 e. The number of nitrogens with zero attached hydrogens (tertiary/aromatic N) is 1. The standard InChI is InChI=1S/C19H30N2O/c1-15(2)10-11-20-19(22)18-8-6-17(7-9-18)14-21-12-4-5-16(3)13-21/h6-9,15-16H,4-5,10-14H2,1-3H3,(H,20,22)/t16-/m0/s1. The van der Waals surface area contributed by atoms with Gasteiger partial charge in [0.1, 0.15) is 0 Å². The molecule has 0 saturated carbocycles. The molecule has 1 saturated heterocycles. The van der Waals surface area contributed by atoms with E-state index in [1.807, 2.05) is 12.1 Å². The molecular weight excluding hydrogens is 272 g/mol. The zero-order valence-electron chi connectivity index (χ0n) is 14.3. The summed E-state index contributed by atoms with van der Waals surface area (Å²) >= 11 is 0. The molecule has 1 fully saturated rings. The summed E-state index contributed by atoms with van der Waals surface area (Å²) in [6.07, 6.45) is 3.68. The largest absolute Gasteiger partial charge is 0.352 e. The molecule has 122 valence electrons. The van der Waals surface area contributed by atoms with Gasteiger partial charge in [0.2, 0.25) is 0 Å². The van der Waals surface area contributed by atoms with Crippen molar-refractivity contribution in [2.24, 2.45) is 11.8 Å². The van der Waals surface area contributed by atoms with Crippen molar-refractivity contribution >= 4 is 5.91 Å². The van der Waals surface area contributed by atoms with Crippen LogP contribution >= 0.6 is 0 Å². The second-order valence-corrected chi connectivity index (χ2v) is 7.12. The van der Waals surface area contributed by atoms with E-state index in [0.29, 0.717) is 5.92 Å². The Morgan fingerprint density at radius 3 is 2.68 bits per heavy atom. The molecule has 1 aliphatic heterocycles. The van der Waals surface area contributed by atoms with Crippen LogP contribution < -0.4 is 5.32 Å². The number of nitrogens with one attached hydrogen (secondary N) is 1. The van der Waals surface area contributed by atoms with Gasteiger partial charge in [-0.25, -0.2) is 0 Å². The van der Waals surface area contributed by atoms with Crippen molar-refractivity contribution in [3.05, 3.63) is 35.4 Å². The second kappa shape index (κ2) is 8.33. The summed E-state index contributed by atoms with van der Waals surface area (Å²) in [4.78, 5) is 14.6. The van der Waals surface area contributed by atoms with Gasteiger partial charge in [0, 0.05) is 25.2 Å². The Bertz CT molecular complexity index is 467. The first-order valence-corrected chi connectivity index (χ1v) is 8.64. The third-order valence-electron chi connectivity index (χ3n) is 4.37. The molecule has 1 aromatic rings. The first kappa shape index (κ1) is 17.0. The molecule has 0 bridgehead atoms. The lowest BCUT2D eigenvalue weighted by atomic mass is 9.99. The molecule has 1 N–H and O–H groups in total. The fourth-order valence-electron chi connectivity index (χ4n) is 3.03. The molecule has 0 radical (unpaired) electrons. The van der Waals surface area contributed by atoms with E-state index in [4.69, 9.17) is 0 Å². The number of hydrogen-bond acceptors (Lipinski definition) is 2. The number of rotatable bonds is 6. The number of amides is 1. The Kier molecular flexibility index (Phi) is 6.44. The maximum absolute atomic E-state index is 12.0. The first-order valence-electron chi connectivity index (χ1n) is 8.64. The van der Waals surface area contributed by atoms with Gasteiger partial charge in [-0.15, -0.1) is 0 Å². The van der Waals surface area contributed by atoms with Crippen LogP contribution in [-0.4, -0.2) is 30.4 Å². The van der Waals surface area contributed by atoms with Crippen LogP contribution in [0.15, 0.2) is 24.3 Å². The molecule has 3 heteroatoms. The van der Waals surface area contributed by atoms with Crippen molar-refractivity contribution in [1.29, 1.82) is 0 Å². The van der Waals surface area contributed by atoms with Crippen LogP contribution in [0.2, 0.25) is 0 Å². The van der Waals surface area contributed by atoms with E-state index in [1.165, 1.54) is 31.5 Å². The first-order chi connectivity index (χ1) is 10.5. The molecule has 0 unspecified atom stereocenters. The van der Waals surface area contributed by atoms with E-state index >= 15 is 0 Å². The van der Waals surface area contributed by atoms with Gasteiger partial charge in [-0.2, -0.15) is 0 Å². The third kappa shape index (κ3) is 5.45. The molecule has 1 heterocycles. The SMILES string of the molecule is CC(C)CCNC(=O)c1ccc(CN2CCC[C@H](C)C2)cc1. The van der Waals surface area contributed by atoms with Crippen LogP contribution in [0.1, 0.15) is 56.0 Å². The molecule has 1 atom stereocenters. The zero-order chi connectivity index (χ0) is 15.9. The Morgan fingerprint density at radius 1 is 1.32 bits per heavy atom. The highest BCUT2D eigenvalue weighted by Gasteiger charge is 2.16. The van der Waals surface area contributed by atoms with E-state index in [0.717, 1.165) is 31.0 Å². The van der Waals surface area contributed by atoms with Crippen LogP contribution in [0.25, 0.3) is 0 Å². The highest BCUT2D eigenvalue weighted by atomic mass is 16.1. The molecule has 3 nitrogen and oxygen atoms in total. The lowest BCUT2D eigenvalue weighted by Crippen LogP contribution is -2.33. The third-order valence-corrected chi connectivity index (χ3v) is 4.37. The molecular formula is C19H30N2O. The van der Waals surface area contributed by atoms with Crippen LogP contribution in [0.5, 0.6) is 0 Å². The number of benzene rings is 1. The Labute approximate surface area is 135 Å². The predicted molar refractivity (Wildman–Crippen MR) is 91.9 cm³/mol. The lowest BCUT2D eigenvalue weighted by Gasteiger charge is -2.30. The van der Waals surface area contributed by atoms with E-state index < -0.39 is 0 Å². The van der Waals surface area contributed by atoms with Gasteiger partial charge in [-0.05, 0) is 55.3 Å². The van der Waals surface area contributed by atoms with E-state index in [-0.39, 0.29) is 5.91 Å². The molecule has 2 rings (SSSR count). The monoisotopic (exact) mass is 302 g/mol. The molecule has 0 aromatic heterocycles. The van der Waals surface area contributed by atoms with Crippen LogP contribution in [0.3, 0.4) is 0 Å². The van der Waals surface area contributed by atoms with Crippen LogP contribution in [0, 0.1) is 11.8 Å². The summed E-state index contributed by atoms with van der Waals surface area (Å²) in [6.45, 7) is 10.8. The molecule has 0 spiro atoms. The fraction of sp³-hybridized carbons (Fsp3) is 0.632. The van der Waals surface area contributed by atoms with Crippen molar-refractivity contribution in [3.63, 3.8) is 0 Å². The normalized spacial score (nSPS) is 19.4. The summed E-state index contributed by atoms with van der Waals surface area (Å²) in [6, 6.07) is 8.09. The Hall–Kier alpha value is -1.35. The summed E-state index contributed by atoms with van der Waals surface area (Å²) in [5, 5.41) is 2.99. The maximum Gasteiger partial charge on any atom is 0.251 e. The minimum atomic E-state index is 0.0406. The summed E-state index contributed by atoms with van der Waals surface area (Å²) in [7, 11) is 0. The number of hydrogen-bond donors (Lipinski definition) is 1. The van der Waals surface area contributed by atoms with Gasteiger partial charge >= 0.3 is 0 Å². The molecule has 0 aliphatic carbocycles. The van der Waals surface area contributed by atoms with Gasteiger partial charge < -0.3 is 5.32 Å². The van der Waals surface area contributed by atoms with Gasteiger partial charge in [0.15, 0.2) is 0 Å².